The second kappa shape index (κ2) is 12.9. The number of rotatable bonds is 12. The highest BCUT2D eigenvalue weighted by Crippen LogP contribution is 2.27. The smallest absolute Gasteiger partial charge is 0.242 e. The fourth-order valence-electron chi connectivity index (χ4n) is 3.60. The van der Waals surface area contributed by atoms with Gasteiger partial charge < -0.3 is 10.2 Å². The average molecular weight is 526 g/mol. The first-order valence-corrected chi connectivity index (χ1v) is 13.7. The minimum atomic E-state index is -3.62. The molecule has 0 bridgehead atoms. The van der Waals surface area contributed by atoms with E-state index in [-0.39, 0.29) is 37.7 Å². The molecule has 2 rings (SSSR count). The van der Waals surface area contributed by atoms with Gasteiger partial charge in [-0.1, -0.05) is 36.7 Å². The van der Waals surface area contributed by atoms with Crippen LogP contribution >= 0.6 is 11.6 Å². The van der Waals surface area contributed by atoms with Crippen LogP contribution in [0.25, 0.3) is 0 Å². The van der Waals surface area contributed by atoms with Gasteiger partial charge in [0, 0.05) is 31.1 Å². The van der Waals surface area contributed by atoms with Gasteiger partial charge in [-0.15, -0.1) is 0 Å². The summed E-state index contributed by atoms with van der Waals surface area (Å²) in [5, 5.41) is 3.21. The highest BCUT2D eigenvalue weighted by Gasteiger charge is 2.26. The molecule has 2 amide bonds. The number of nitrogens with zero attached hydrogens (tertiary/aromatic N) is 2. The molecule has 10 heteroatoms. The minimum absolute atomic E-state index is 0.0260. The quantitative estimate of drug-likeness (QED) is 0.448. The largest absolute Gasteiger partial charge is 0.354 e. The minimum Gasteiger partial charge on any atom is -0.354 e. The molecule has 2 aromatic rings. The summed E-state index contributed by atoms with van der Waals surface area (Å²) in [6.45, 7) is 6.06. The Morgan fingerprint density at radius 2 is 1.80 bits per heavy atom. The lowest BCUT2D eigenvalue weighted by Gasteiger charge is -2.29. The third kappa shape index (κ3) is 8.50. The summed E-state index contributed by atoms with van der Waals surface area (Å²) in [5.41, 5.74) is 1.88. The number of nitrogens with one attached hydrogen (secondary N) is 1. The summed E-state index contributed by atoms with van der Waals surface area (Å²) in [6.07, 6.45) is 2.13. The summed E-state index contributed by atoms with van der Waals surface area (Å²) in [4.78, 5) is 27.2. The average Bonchev–Trinajstić information content (AvgIpc) is 2.80. The molecule has 0 aliphatic rings. The molecule has 0 spiro atoms. The van der Waals surface area contributed by atoms with E-state index in [1.807, 2.05) is 6.92 Å². The summed E-state index contributed by atoms with van der Waals surface area (Å²) in [5.74, 6) is -0.975. The van der Waals surface area contributed by atoms with Gasteiger partial charge in [0.1, 0.15) is 11.9 Å². The standard InChI is InChI=1S/C25H33ClFN3O4S/c1-5-14-28-25(32)19(3)29(17-20-9-12-22(27)13-10-20)24(31)7-6-15-30(35(4,33)34)23-16-21(26)11-8-18(23)2/h8-13,16,19H,5-7,14-15,17H2,1-4H3,(H,28,32). The predicted octanol–water partition coefficient (Wildman–Crippen LogP) is 4.28. The zero-order chi connectivity index (χ0) is 26.2. The van der Waals surface area contributed by atoms with Gasteiger partial charge >= 0.3 is 0 Å². The van der Waals surface area contributed by atoms with Crippen molar-refractivity contribution in [3.63, 3.8) is 0 Å². The van der Waals surface area contributed by atoms with Crippen LogP contribution in [-0.4, -0.2) is 50.5 Å². The maximum atomic E-state index is 13.3. The van der Waals surface area contributed by atoms with Crippen LogP contribution in [0.15, 0.2) is 42.5 Å². The van der Waals surface area contributed by atoms with E-state index < -0.39 is 21.9 Å². The summed E-state index contributed by atoms with van der Waals surface area (Å²) < 4.78 is 39.5. The number of benzene rings is 2. The maximum Gasteiger partial charge on any atom is 0.242 e. The number of halogens is 2. The lowest BCUT2D eigenvalue weighted by atomic mass is 10.1. The Kier molecular flexibility index (Phi) is 10.5. The van der Waals surface area contributed by atoms with Crippen LogP contribution in [0, 0.1) is 12.7 Å². The zero-order valence-corrected chi connectivity index (χ0v) is 22.1. The van der Waals surface area contributed by atoms with Crippen molar-refractivity contribution in [1.29, 1.82) is 0 Å². The first kappa shape index (κ1) is 28.6. The Balaban J connectivity index is 2.18. The molecule has 0 aromatic heterocycles. The molecular formula is C25H33ClFN3O4S. The Morgan fingerprint density at radius 3 is 2.40 bits per heavy atom. The van der Waals surface area contributed by atoms with Crippen molar-refractivity contribution in [1.82, 2.24) is 10.2 Å². The molecule has 1 atom stereocenters. The Hall–Kier alpha value is -2.65. The van der Waals surface area contributed by atoms with Crippen molar-refractivity contribution in [3.05, 3.63) is 64.4 Å². The molecule has 0 aliphatic heterocycles. The van der Waals surface area contributed by atoms with E-state index in [9.17, 15) is 22.4 Å². The number of aryl methyl sites for hydroxylation is 1. The van der Waals surface area contributed by atoms with E-state index in [2.05, 4.69) is 5.32 Å². The zero-order valence-electron chi connectivity index (χ0n) is 20.6. The SMILES string of the molecule is CCCNC(=O)C(C)N(Cc1ccc(F)cc1)C(=O)CCCN(c1cc(Cl)ccc1C)S(C)(=O)=O. The summed E-state index contributed by atoms with van der Waals surface area (Å²) in [6, 6.07) is 10.00. The van der Waals surface area contributed by atoms with Crippen LogP contribution in [0.3, 0.4) is 0 Å². The molecule has 0 radical (unpaired) electrons. The number of hydrogen-bond acceptors (Lipinski definition) is 4. The second-order valence-electron chi connectivity index (χ2n) is 8.48. The van der Waals surface area contributed by atoms with E-state index >= 15 is 0 Å². The lowest BCUT2D eigenvalue weighted by Crippen LogP contribution is -2.47. The van der Waals surface area contributed by atoms with Crippen molar-refractivity contribution in [2.75, 3.05) is 23.7 Å². The number of hydrogen-bond donors (Lipinski definition) is 1. The molecule has 192 valence electrons. The topological polar surface area (TPSA) is 86.8 Å². The summed E-state index contributed by atoms with van der Waals surface area (Å²) >= 11 is 6.08. The van der Waals surface area contributed by atoms with E-state index in [0.717, 1.165) is 18.2 Å². The molecule has 1 unspecified atom stereocenters. The second-order valence-corrected chi connectivity index (χ2v) is 10.8. The van der Waals surface area contributed by atoms with Gasteiger partial charge in [0.25, 0.3) is 0 Å². The van der Waals surface area contributed by atoms with Crippen LogP contribution in [0.5, 0.6) is 0 Å². The normalized spacial score (nSPS) is 12.2. The predicted molar refractivity (Wildman–Crippen MR) is 137 cm³/mol. The third-order valence-electron chi connectivity index (χ3n) is 5.57. The molecule has 35 heavy (non-hydrogen) atoms. The monoisotopic (exact) mass is 525 g/mol. The molecule has 0 aliphatic carbocycles. The molecular weight excluding hydrogens is 493 g/mol. The number of sulfonamides is 1. The fraction of sp³-hybridized carbons (Fsp3) is 0.440. The van der Waals surface area contributed by atoms with Gasteiger partial charge in [0.2, 0.25) is 21.8 Å². The van der Waals surface area contributed by atoms with Crippen molar-refractivity contribution >= 4 is 39.1 Å². The van der Waals surface area contributed by atoms with Crippen molar-refractivity contribution < 1.29 is 22.4 Å². The molecule has 7 nitrogen and oxygen atoms in total. The number of carbonyl (C=O) groups excluding carboxylic acids is 2. The molecule has 2 aromatic carbocycles. The van der Waals surface area contributed by atoms with Crippen molar-refractivity contribution in [3.8, 4) is 0 Å². The first-order chi connectivity index (χ1) is 16.4. The van der Waals surface area contributed by atoms with Crippen LogP contribution in [-0.2, 0) is 26.2 Å². The molecule has 0 heterocycles. The molecule has 1 N–H and O–H groups in total. The Morgan fingerprint density at radius 1 is 1.14 bits per heavy atom. The highest BCUT2D eigenvalue weighted by atomic mass is 35.5. The molecule has 0 saturated heterocycles. The van der Waals surface area contributed by atoms with Gasteiger partial charge in [-0.05, 0) is 62.1 Å². The lowest BCUT2D eigenvalue weighted by molar-refractivity contribution is -0.140. The van der Waals surface area contributed by atoms with E-state index in [1.165, 1.54) is 21.3 Å². The van der Waals surface area contributed by atoms with Crippen LogP contribution in [0.2, 0.25) is 5.02 Å². The fourth-order valence-corrected chi connectivity index (χ4v) is 4.78. The summed E-state index contributed by atoms with van der Waals surface area (Å²) in [7, 11) is -3.62. The Labute approximate surface area is 212 Å². The number of carbonyl (C=O) groups is 2. The number of amides is 2. The van der Waals surface area contributed by atoms with Gasteiger partial charge in [-0.2, -0.15) is 0 Å². The van der Waals surface area contributed by atoms with Crippen LogP contribution < -0.4 is 9.62 Å². The van der Waals surface area contributed by atoms with Gasteiger partial charge in [-0.25, -0.2) is 12.8 Å². The molecule has 0 fully saturated rings. The number of anilines is 1. The Bertz CT molecular complexity index is 1130. The van der Waals surface area contributed by atoms with Gasteiger partial charge in [-0.3, -0.25) is 13.9 Å². The van der Waals surface area contributed by atoms with Gasteiger partial charge in [0.15, 0.2) is 0 Å². The van der Waals surface area contributed by atoms with Crippen molar-refractivity contribution in [2.24, 2.45) is 0 Å². The van der Waals surface area contributed by atoms with E-state index in [4.69, 9.17) is 11.6 Å². The van der Waals surface area contributed by atoms with Crippen LogP contribution in [0.1, 0.15) is 44.2 Å². The third-order valence-corrected chi connectivity index (χ3v) is 6.99. The maximum absolute atomic E-state index is 13.3. The van der Waals surface area contributed by atoms with Crippen molar-refractivity contribution in [2.45, 2.75) is 52.6 Å². The molecule has 0 saturated carbocycles. The van der Waals surface area contributed by atoms with Crippen LogP contribution in [0.4, 0.5) is 10.1 Å². The van der Waals surface area contributed by atoms with Gasteiger partial charge in [0.05, 0.1) is 11.9 Å². The first-order valence-electron chi connectivity index (χ1n) is 11.5. The highest BCUT2D eigenvalue weighted by molar-refractivity contribution is 7.92. The van der Waals surface area contributed by atoms with E-state index in [1.54, 1.807) is 44.2 Å². The van der Waals surface area contributed by atoms with E-state index in [0.29, 0.717) is 22.8 Å².